The van der Waals surface area contributed by atoms with Gasteiger partial charge in [-0.25, -0.2) is 17.6 Å². The zero-order chi connectivity index (χ0) is 20.7. The lowest BCUT2D eigenvalue weighted by molar-refractivity contribution is -0.119. The van der Waals surface area contributed by atoms with Crippen LogP contribution in [0.5, 0.6) is 5.75 Å². The number of carbonyl (C=O) groups excluding carboxylic acids is 2. The fraction of sp³-hybridized carbons (Fsp3) is 0.158. The normalized spacial score (nSPS) is 11.1. The van der Waals surface area contributed by atoms with Crippen LogP contribution in [0.15, 0.2) is 24.3 Å². The molecule has 5 nitrogen and oxygen atoms in total. The predicted octanol–water partition coefficient (Wildman–Crippen LogP) is 3.19. The summed E-state index contributed by atoms with van der Waals surface area (Å²) in [7, 11) is 1.36. The number of hydrogen-bond donors (Lipinski definition) is 2. The first kappa shape index (κ1) is 19.4. The number of aromatic hydroxyl groups is 1. The average Bonchev–Trinajstić information content (AvgIpc) is 2.92. The van der Waals surface area contributed by atoms with Crippen LogP contribution in [0.2, 0.25) is 0 Å². The van der Waals surface area contributed by atoms with Gasteiger partial charge in [0.2, 0.25) is 5.91 Å². The van der Waals surface area contributed by atoms with E-state index in [-0.39, 0.29) is 34.1 Å². The Morgan fingerprint density at radius 2 is 1.75 bits per heavy atom. The fourth-order valence-corrected chi connectivity index (χ4v) is 3.04. The monoisotopic (exact) mass is 394 g/mol. The third kappa shape index (κ3) is 2.98. The average molecular weight is 394 g/mol. The Labute approximate surface area is 156 Å². The van der Waals surface area contributed by atoms with E-state index in [4.69, 9.17) is 0 Å². The highest BCUT2D eigenvalue weighted by molar-refractivity contribution is 6.05. The van der Waals surface area contributed by atoms with E-state index in [1.165, 1.54) is 14.0 Å². The van der Waals surface area contributed by atoms with Gasteiger partial charge in [-0.1, -0.05) is 0 Å². The number of nitrogens with one attached hydrogen (secondary N) is 1. The van der Waals surface area contributed by atoms with Crippen molar-refractivity contribution in [3.63, 3.8) is 0 Å². The smallest absolute Gasteiger partial charge is 0.262 e. The highest BCUT2D eigenvalue weighted by Crippen LogP contribution is 2.35. The molecule has 1 amide bonds. The van der Waals surface area contributed by atoms with E-state index in [2.05, 4.69) is 5.32 Å². The Morgan fingerprint density at radius 1 is 1.07 bits per heavy atom. The van der Waals surface area contributed by atoms with Gasteiger partial charge in [0.1, 0.15) is 0 Å². The van der Waals surface area contributed by atoms with Crippen LogP contribution in [0.25, 0.3) is 10.9 Å². The Balaban J connectivity index is 2.33. The van der Waals surface area contributed by atoms with Crippen molar-refractivity contribution in [1.29, 1.82) is 0 Å². The van der Waals surface area contributed by atoms with Crippen molar-refractivity contribution in [2.75, 3.05) is 7.05 Å². The highest BCUT2D eigenvalue weighted by atomic mass is 19.2. The van der Waals surface area contributed by atoms with E-state index in [0.717, 1.165) is 22.8 Å². The summed E-state index contributed by atoms with van der Waals surface area (Å²) in [5.41, 5.74) is -0.367. The molecule has 9 heteroatoms. The fourth-order valence-electron chi connectivity index (χ4n) is 3.04. The molecule has 28 heavy (non-hydrogen) atoms. The van der Waals surface area contributed by atoms with E-state index in [1.807, 2.05) is 0 Å². The number of rotatable bonds is 3. The van der Waals surface area contributed by atoms with E-state index >= 15 is 0 Å². The van der Waals surface area contributed by atoms with Gasteiger partial charge < -0.3 is 10.4 Å². The van der Waals surface area contributed by atoms with Crippen molar-refractivity contribution in [1.82, 2.24) is 9.88 Å². The molecule has 0 saturated carbocycles. The van der Waals surface area contributed by atoms with Gasteiger partial charge in [-0.3, -0.25) is 14.2 Å². The van der Waals surface area contributed by atoms with Gasteiger partial charge in [0, 0.05) is 29.8 Å². The summed E-state index contributed by atoms with van der Waals surface area (Å²) in [6.45, 7) is 1.39. The van der Waals surface area contributed by atoms with Crippen LogP contribution in [0, 0.1) is 30.2 Å². The molecule has 0 aliphatic rings. The zero-order valence-electron chi connectivity index (χ0n) is 14.7. The third-order valence-electron chi connectivity index (χ3n) is 4.47. The minimum atomic E-state index is -1.33. The number of halogens is 4. The Kier molecular flexibility index (Phi) is 4.84. The number of amides is 1. The number of fused-ring (bicyclic) bond motifs is 1. The maximum Gasteiger partial charge on any atom is 0.262 e. The lowest BCUT2D eigenvalue weighted by atomic mass is 10.1. The molecular formula is C19H14F4N2O3. The van der Waals surface area contributed by atoms with E-state index in [9.17, 15) is 32.3 Å². The van der Waals surface area contributed by atoms with Gasteiger partial charge in [0.25, 0.3) is 5.91 Å². The van der Waals surface area contributed by atoms with E-state index < -0.39 is 40.8 Å². The Bertz CT molecular complexity index is 1140. The molecule has 1 heterocycles. The predicted molar refractivity (Wildman–Crippen MR) is 92.1 cm³/mol. The highest BCUT2D eigenvalue weighted by Gasteiger charge is 2.27. The number of carbonyl (C=O) groups is 2. The molecule has 3 rings (SSSR count). The molecule has 0 atom stereocenters. The lowest BCUT2D eigenvalue weighted by Crippen LogP contribution is -2.21. The zero-order valence-corrected chi connectivity index (χ0v) is 14.7. The van der Waals surface area contributed by atoms with Gasteiger partial charge in [0.05, 0.1) is 11.9 Å². The van der Waals surface area contributed by atoms with Crippen molar-refractivity contribution < 1.29 is 32.3 Å². The summed E-state index contributed by atoms with van der Waals surface area (Å²) in [5.74, 6) is -7.70. The van der Waals surface area contributed by atoms with Crippen LogP contribution in [0.3, 0.4) is 0 Å². The molecule has 2 aromatic carbocycles. The molecule has 0 bridgehead atoms. The molecule has 2 N–H and O–H groups in total. The third-order valence-corrected chi connectivity index (χ3v) is 4.47. The molecular weight excluding hydrogens is 380 g/mol. The molecule has 146 valence electrons. The first-order valence-corrected chi connectivity index (χ1v) is 8.08. The largest absolute Gasteiger partial charge is 0.503 e. The minimum Gasteiger partial charge on any atom is -0.503 e. The molecule has 0 aliphatic carbocycles. The Hall–Kier alpha value is -3.36. The lowest BCUT2D eigenvalue weighted by Gasteiger charge is -2.08. The van der Waals surface area contributed by atoms with Crippen LogP contribution in [-0.4, -0.2) is 28.5 Å². The van der Waals surface area contributed by atoms with Gasteiger partial charge in [0.15, 0.2) is 29.0 Å². The van der Waals surface area contributed by atoms with Crippen molar-refractivity contribution in [3.05, 3.63) is 64.4 Å². The number of benzene rings is 2. The molecule has 0 saturated heterocycles. The van der Waals surface area contributed by atoms with Crippen molar-refractivity contribution in [2.24, 2.45) is 0 Å². The summed E-state index contributed by atoms with van der Waals surface area (Å²) >= 11 is 0. The van der Waals surface area contributed by atoms with Crippen LogP contribution in [0.1, 0.15) is 21.6 Å². The second kappa shape index (κ2) is 6.99. The number of likely N-dealkylation sites (N-methyl/N-ethyl adjacent to an activating group) is 1. The maximum absolute atomic E-state index is 14.6. The standard InChI is InChI=1S/C19H14F4N2O3/c1-8-10(6-15(26)24-2)16-14(7-13(22)18(27)17(16)23)25(8)19(28)9-3-4-11(20)12(21)5-9/h3-5,7,27H,6H2,1-2H3,(H,24,26). The second-order valence-corrected chi connectivity index (χ2v) is 6.10. The maximum atomic E-state index is 14.6. The number of aromatic nitrogens is 1. The quantitative estimate of drug-likeness (QED) is 0.671. The number of phenols is 1. The SMILES string of the molecule is CNC(=O)Cc1c(C)n(C(=O)c2ccc(F)c(F)c2)c2cc(F)c(O)c(F)c12. The number of hydrogen-bond acceptors (Lipinski definition) is 3. The van der Waals surface area contributed by atoms with Crippen LogP contribution in [-0.2, 0) is 11.2 Å². The second-order valence-electron chi connectivity index (χ2n) is 6.10. The van der Waals surface area contributed by atoms with Crippen LogP contribution < -0.4 is 5.32 Å². The molecule has 0 unspecified atom stereocenters. The molecule has 3 aromatic rings. The van der Waals surface area contributed by atoms with E-state index in [0.29, 0.717) is 6.07 Å². The number of phenolic OH excluding ortho intramolecular Hbond substituents is 1. The van der Waals surface area contributed by atoms with Gasteiger partial charge in [-0.05, 0) is 30.7 Å². The summed E-state index contributed by atoms with van der Waals surface area (Å²) < 4.78 is 56.1. The first-order chi connectivity index (χ1) is 13.2. The first-order valence-electron chi connectivity index (χ1n) is 8.08. The topological polar surface area (TPSA) is 71.3 Å². The van der Waals surface area contributed by atoms with Crippen molar-refractivity contribution in [2.45, 2.75) is 13.3 Å². The summed E-state index contributed by atoms with van der Waals surface area (Å²) in [5, 5.41) is 11.6. The van der Waals surface area contributed by atoms with Crippen LogP contribution in [0.4, 0.5) is 17.6 Å². The van der Waals surface area contributed by atoms with Gasteiger partial charge in [-0.15, -0.1) is 0 Å². The van der Waals surface area contributed by atoms with Crippen LogP contribution >= 0.6 is 0 Å². The van der Waals surface area contributed by atoms with E-state index in [1.54, 1.807) is 0 Å². The summed E-state index contributed by atoms with van der Waals surface area (Å²) in [6.07, 6.45) is -0.348. The molecule has 1 aromatic heterocycles. The summed E-state index contributed by atoms with van der Waals surface area (Å²) in [6, 6.07) is 3.18. The molecule has 0 aliphatic heterocycles. The van der Waals surface area contributed by atoms with Gasteiger partial charge >= 0.3 is 0 Å². The van der Waals surface area contributed by atoms with Crippen molar-refractivity contribution >= 4 is 22.7 Å². The van der Waals surface area contributed by atoms with Crippen molar-refractivity contribution in [3.8, 4) is 5.75 Å². The Morgan fingerprint density at radius 3 is 2.36 bits per heavy atom. The minimum absolute atomic E-state index is 0.0538. The number of nitrogens with zero attached hydrogens (tertiary/aromatic N) is 1. The molecule has 0 fully saturated rings. The molecule has 0 radical (unpaired) electrons. The van der Waals surface area contributed by atoms with Gasteiger partial charge in [-0.2, -0.15) is 0 Å². The molecule has 0 spiro atoms. The summed E-state index contributed by atoms with van der Waals surface area (Å²) in [4.78, 5) is 24.7.